The lowest BCUT2D eigenvalue weighted by Crippen LogP contribution is -2.41. The smallest absolute Gasteiger partial charge is 0.342 e. The molecule has 2 fully saturated rings. The highest BCUT2D eigenvalue weighted by molar-refractivity contribution is 5.76. The van der Waals surface area contributed by atoms with E-state index in [9.17, 15) is 9.59 Å². The van der Waals surface area contributed by atoms with Gasteiger partial charge in [-0.15, -0.1) is 0 Å². The van der Waals surface area contributed by atoms with Crippen LogP contribution in [-0.4, -0.2) is 38.2 Å². The summed E-state index contributed by atoms with van der Waals surface area (Å²) in [6.07, 6.45) is 8.96. The monoisotopic (exact) mass is 348 g/mol. The summed E-state index contributed by atoms with van der Waals surface area (Å²) in [5.41, 5.74) is -0.0596. The van der Waals surface area contributed by atoms with Gasteiger partial charge in [0.15, 0.2) is 0 Å². The Morgan fingerprint density at radius 3 is 2.56 bits per heavy atom. The Morgan fingerprint density at radius 2 is 1.88 bits per heavy atom. The Kier molecular flexibility index (Phi) is 5.64. The maximum Gasteiger partial charge on any atom is 0.345 e. The number of likely N-dealkylation sites (tertiary alicyclic amines) is 1. The number of rotatable bonds is 4. The third kappa shape index (κ3) is 3.98. The molecule has 2 heterocycles. The van der Waals surface area contributed by atoms with Crippen molar-refractivity contribution in [3.63, 3.8) is 0 Å². The van der Waals surface area contributed by atoms with Gasteiger partial charge < -0.3 is 4.90 Å². The zero-order valence-electron chi connectivity index (χ0n) is 15.9. The van der Waals surface area contributed by atoms with Crippen LogP contribution in [0.5, 0.6) is 0 Å². The number of piperidine rings is 1. The van der Waals surface area contributed by atoms with Gasteiger partial charge in [0.1, 0.15) is 5.82 Å². The topological polar surface area (TPSA) is 60.1 Å². The van der Waals surface area contributed by atoms with Gasteiger partial charge in [0.05, 0.1) is 0 Å². The lowest BCUT2D eigenvalue weighted by molar-refractivity contribution is -0.133. The van der Waals surface area contributed by atoms with Crippen molar-refractivity contribution in [1.29, 1.82) is 0 Å². The van der Waals surface area contributed by atoms with Crippen molar-refractivity contribution < 1.29 is 4.79 Å². The molecule has 0 spiro atoms. The molecule has 0 bridgehead atoms. The average molecular weight is 348 g/mol. The van der Waals surface area contributed by atoms with E-state index in [2.05, 4.69) is 5.10 Å². The third-order valence-electron chi connectivity index (χ3n) is 5.83. The van der Waals surface area contributed by atoms with Crippen LogP contribution in [0.1, 0.15) is 83.0 Å². The zero-order chi connectivity index (χ0) is 18.0. The molecule has 1 amide bonds. The molecule has 0 N–H and O–H groups in total. The van der Waals surface area contributed by atoms with Crippen LogP contribution in [0.4, 0.5) is 0 Å². The van der Waals surface area contributed by atoms with E-state index >= 15 is 0 Å². The highest BCUT2D eigenvalue weighted by atomic mass is 16.2. The van der Waals surface area contributed by atoms with Crippen LogP contribution in [0.2, 0.25) is 0 Å². The maximum absolute atomic E-state index is 12.8. The normalized spacial score (nSPS) is 22.6. The van der Waals surface area contributed by atoms with Gasteiger partial charge in [-0.2, -0.15) is 5.10 Å². The summed E-state index contributed by atoms with van der Waals surface area (Å²) in [5.74, 6) is 1.88. The first-order valence-electron chi connectivity index (χ1n) is 9.90. The van der Waals surface area contributed by atoms with Crippen LogP contribution < -0.4 is 5.69 Å². The molecular weight excluding hydrogens is 316 g/mol. The second-order valence-electron chi connectivity index (χ2n) is 8.12. The molecule has 1 atom stereocenters. The summed E-state index contributed by atoms with van der Waals surface area (Å²) in [7, 11) is 1.71. The predicted molar refractivity (Wildman–Crippen MR) is 97.6 cm³/mol. The second kappa shape index (κ2) is 7.75. The molecule has 3 rings (SSSR count). The van der Waals surface area contributed by atoms with Gasteiger partial charge in [-0.3, -0.25) is 9.36 Å². The lowest BCUT2D eigenvalue weighted by atomic mass is 9.86. The SMILES string of the molecule is CC(C)n1c(C2CCCN(C(=O)CC3CCCCC3)C2)nn(C)c1=O. The quantitative estimate of drug-likeness (QED) is 0.840. The van der Waals surface area contributed by atoms with Crippen molar-refractivity contribution in [1.82, 2.24) is 19.2 Å². The van der Waals surface area contributed by atoms with E-state index < -0.39 is 0 Å². The zero-order valence-corrected chi connectivity index (χ0v) is 15.9. The number of carbonyl (C=O) groups is 1. The Hall–Kier alpha value is -1.59. The minimum absolute atomic E-state index is 0.0596. The van der Waals surface area contributed by atoms with Gasteiger partial charge in [0, 0.05) is 38.5 Å². The van der Waals surface area contributed by atoms with Crippen molar-refractivity contribution in [2.24, 2.45) is 13.0 Å². The Bertz CT molecular complexity index is 655. The van der Waals surface area contributed by atoms with Gasteiger partial charge in [0.2, 0.25) is 5.91 Å². The summed E-state index contributed by atoms with van der Waals surface area (Å²) < 4.78 is 3.22. The molecular formula is C19H32N4O2. The minimum atomic E-state index is -0.0596. The molecule has 1 aromatic rings. The van der Waals surface area contributed by atoms with E-state index in [0.717, 1.165) is 25.2 Å². The van der Waals surface area contributed by atoms with Gasteiger partial charge in [0.25, 0.3) is 0 Å². The number of carbonyl (C=O) groups excluding carboxylic acids is 1. The van der Waals surface area contributed by atoms with Gasteiger partial charge in [-0.1, -0.05) is 19.3 Å². The summed E-state index contributed by atoms with van der Waals surface area (Å²) in [4.78, 5) is 27.1. The molecule has 1 aromatic heterocycles. The first-order chi connectivity index (χ1) is 12.0. The van der Waals surface area contributed by atoms with Crippen LogP contribution >= 0.6 is 0 Å². The van der Waals surface area contributed by atoms with Crippen molar-refractivity contribution >= 4 is 5.91 Å². The third-order valence-corrected chi connectivity index (χ3v) is 5.83. The molecule has 2 aliphatic rings. The van der Waals surface area contributed by atoms with E-state index in [-0.39, 0.29) is 17.6 Å². The molecule has 140 valence electrons. The van der Waals surface area contributed by atoms with E-state index in [0.29, 0.717) is 24.8 Å². The van der Waals surface area contributed by atoms with E-state index in [1.165, 1.54) is 36.8 Å². The first kappa shape index (κ1) is 18.2. The largest absolute Gasteiger partial charge is 0.345 e. The highest BCUT2D eigenvalue weighted by Crippen LogP contribution is 2.30. The van der Waals surface area contributed by atoms with E-state index in [1.54, 1.807) is 11.6 Å². The second-order valence-corrected chi connectivity index (χ2v) is 8.12. The lowest BCUT2D eigenvalue weighted by Gasteiger charge is -2.34. The van der Waals surface area contributed by atoms with Crippen molar-refractivity contribution in [2.75, 3.05) is 13.1 Å². The number of hydrogen-bond acceptors (Lipinski definition) is 3. The summed E-state index contributed by atoms with van der Waals surface area (Å²) >= 11 is 0. The average Bonchev–Trinajstić information content (AvgIpc) is 2.91. The molecule has 0 aromatic carbocycles. The van der Waals surface area contributed by atoms with Crippen LogP contribution in [0.3, 0.4) is 0 Å². The Balaban J connectivity index is 1.70. The van der Waals surface area contributed by atoms with Crippen molar-refractivity contribution in [2.45, 2.75) is 77.2 Å². The molecule has 25 heavy (non-hydrogen) atoms. The van der Waals surface area contributed by atoms with Crippen LogP contribution in [0, 0.1) is 5.92 Å². The van der Waals surface area contributed by atoms with Crippen LogP contribution in [-0.2, 0) is 11.8 Å². The first-order valence-corrected chi connectivity index (χ1v) is 9.90. The van der Waals surface area contributed by atoms with Crippen LogP contribution in [0.15, 0.2) is 4.79 Å². The van der Waals surface area contributed by atoms with Crippen LogP contribution in [0.25, 0.3) is 0 Å². The minimum Gasteiger partial charge on any atom is -0.342 e. The fourth-order valence-corrected chi connectivity index (χ4v) is 4.44. The van der Waals surface area contributed by atoms with Crippen molar-refractivity contribution in [3.05, 3.63) is 16.3 Å². The fraction of sp³-hybridized carbons (Fsp3) is 0.842. The molecule has 6 heteroatoms. The number of hydrogen-bond donors (Lipinski definition) is 0. The fourth-order valence-electron chi connectivity index (χ4n) is 4.44. The molecule has 1 saturated carbocycles. The van der Waals surface area contributed by atoms with E-state index in [4.69, 9.17) is 0 Å². The molecule has 1 unspecified atom stereocenters. The van der Waals surface area contributed by atoms with Gasteiger partial charge in [-0.05, 0) is 45.4 Å². The Morgan fingerprint density at radius 1 is 1.16 bits per heavy atom. The van der Waals surface area contributed by atoms with Crippen molar-refractivity contribution in [3.8, 4) is 0 Å². The summed E-state index contributed by atoms with van der Waals surface area (Å²) in [6, 6.07) is 0.0875. The predicted octanol–water partition coefficient (Wildman–Crippen LogP) is 2.84. The van der Waals surface area contributed by atoms with Gasteiger partial charge >= 0.3 is 5.69 Å². The summed E-state index contributed by atoms with van der Waals surface area (Å²) in [5, 5.41) is 4.49. The summed E-state index contributed by atoms with van der Waals surface area (Å²) in [6.45, 7) is 5.58. The maximum atomic E-state index is 12.8. The van der Waals surface area contributed by atoms with E-state index in [1.807, 2.05) is 18.7 Å². The number of aryl methyl sites for hydroxylation is 1. The number of nitrogens with zero attached hydrogens (tertiary/aromatic N) is 4. The highest BCUT2D eigenvalue weighted by Gasteiger charge is 2.30. The molecule has 1 aliphatic carbocycles. The molecule has 1 saturated heterocycles. The molecule has 0 radical (unpaired) electrons. The molecule has 1 aliphatic heterocycles. The standard InChI is InChI=1S/C19H32N4O2/c1-14(2)23-18(20-21(3)19(23)25)16-10-7-11-22(13-16)17(24)12-15-8-5-4-6-9-15/h14-16H,4-13H2,1-3H3. The Labute approximate surface area is 150 Å². The molecule has 6 nitrogen and oxygen atoms in total. The number of aromatic nitrogens is 3. The number of amides is 1. The van der Waals surface area contributed by atoms with Gasteiger partial charge in [-0.25, -0.2) is 9.48 Å².